The second-order valence-electron chi connectivity index (χ2n) is 6.96. The van der Waals surface area contributed by atoms with Gasteiger partial charge < -0.3 is 5.32 Å². The number of nitrogens with one attached hydrogen (secondary N) is 1. The van der Waals surface area contributed by atoms with Gasteiger partial charge in [0.15, 0.2) is 0 Å². The van der Waals surface area contributed by atoms with Gasteiger partial charge in [0.1, 0.15) is 5.01 Å². The zero-order valence-corrected chi connectivity index (χ0v) is 13.7. The molecule has 0 amide bonds. The van der Waals surface area contributed by atoms with Gasteiger partial charge >= 0.3 is 0 Å². The van der Waals surface area contributed by atoms with E-state index in [0.29, 0.717) is 6.04 Å². The molecular weight excluding hydrogens is 254 g/mol. The van der Waals surface area contributed by atoms with Gasteiger partial charge in [0.2, 0.25) is 0 Å². The van der Waals surface area contributed by atoms with Gasteiger partial charge in [-0.25, -0.2) is 4.98 Å². The standard InChI is InChI=1S/C15H27N3S/c1-11-6-12(2)18(8-11)9-13-10-19-14(17-13)7-16-15(3,4)5/h10-12,16H,6-9H2,1-5H3. The fraction of sp³-hybridized carbons (Fsp3) is 0.800. The lowest BCUT2D eigenvalue weighted by Crippen LogP contribution is -2.35. The van der Waals surface area contributed by atoms with Crippen LogP contribution in [-0.4, -0.2) is 28.0 Å². The van der Waals surface area contributed by atoms with Crippen LogP contribution in [0.1, 0.15) is 51.7 Å². The van der Waals surface area contributed by atoms with Crippen molar-refractivity contribution in [2.45, 2.75) is 65.7 Å². The van der Waals surface area contributed by atoms with Crippen LogP contribution in [0.5, 0.6) is 0 Å². The van der Waals surface area contributed by atoms with E-state index in [1.54, 1.807) is 11.3 Å². The third-order valence-corrected chi connectivity index (χ3v) is 4.54. The van der Waals surface area contributed by atoms with Gasteiger partial charge in [-0.2, -0.15) is 0 Å². The topological polar surface area (TPSA) is 28.2 Å². The molecule has 19 heavy (non-hydrogen) atoms. The van der Waals surface area contributed by atoms with Gasteiger partial charge in [-0.05, 0) is 40.0 Å². The number of nitrogens with zero attached hydrogens (tertiary/aromatic N) is 2. The lowest BCUT2D eigenvalue weighted by atomic mass is 10.1. The van der Waals surface area contributed by atoms with Crippen molar-refractivity contribution >= 4 is 11.3 Å². The summed E-state index contributed by atoms with van der Waals surface area (Å²) in [6, 6.07) is 0.702. The second kappa shape index (κ2) is 5.90. The molecule has 1 aromatic rings. The minimum absolute atomic E-state index is 0.157. The zero-order chi connectivity index (χ0) is 14.0. The van der Waals surface area contributed by atoms with Crippen molar-refractivity contribution in [2.24, 2.45) is 5.92 Å². The smallest absolute Gasteiger partial charge is 0.107 e. The first-order valence-corrected chi connectivity index (χ1v) is 8.14. The lowest BCUT2D eigenvalue weighted by molar-refractivity contribution is 0.254. The van der Waals surface area contributed by atoms with Gasteiger partial charge in [0.05, 0.1) is 5.69 Å². The third kappa shape index (κ3) is 4.55. The van der Waals surface area contributed by atoms with Crippen molar-refractivity contribution in [2.75, 3.05) is 6.54 Å². The summed E-state index contributed by atoms with van der Waals surface area (Å²) in [6.45, 7) is 14.3. The molecule has 2 unspecified atom stereocenters. The van der Waals surface area contributed by atoms with Crippen molar-refractivity contribution < 1.29 is 0 Å². The molecule has 1 N–H and O–H groups in total. The molecule has 1 fully saturated rings. The maximum atomic E-state index is 4.75. The molecule has 2 heterocycles. The van der Waals surface area contributed by atoms with Crippen molar-refractivity contribution in [3.8, 4) is 0 Å². The Balaban J connectivity index is 1.87. The Morgan fingerprint density at radius 2 is 2.16 bits per heavy atom. The van der Waals surface area contributed by atoms with Gasteiger partial charge in [-0.3, -0.25) is 4.90 Å². The summed E-state index contributed by atoms with van der Waals surface area (Å²) in [4.78, 5) is 7.31. The Morgan fingerprint density at radius 3 is 2.74 bits per heavy atom. The Labute approximate surface area is 121 Å². The van der Waals surface area contributed by atoms with Gasteiger partial charge in [-0.15, -0.1) is 11.3 Å². The van der Waals surface area contributed by atoms with E-state index in [2.05, 4.69) is 50.2 Å². The Kier molecular flexibility index (Phi) is 4.64. The summed E-state index contributed by atoms with van der Waals surface area (Å²) in [5.74, 6) is 0.829. The highest BCUT2D eigenvalue weighted by Crippen LogP contribution is 2.24. The lowest BCUT2D eigenvalue weighted by Gasteiger charge is -2.20. The van der Waals surface area contributed by atoms with Crippen molar-refractivity contribution in [1.29, 1.82) is 0 Å². The number of rotatable bonds is 4. The van der Waals surface area contributed by atoms with Crippen LogP contribution >= 0.6 is 11.3 Å². The van der Waals surface area contributed by atoms with E-state index in [1.165, 1.54) is 23.7 Å². The number of aromatic nitrogens is 1. The van der Waals surface area contributed by atoms with Crippen LogP contribution in [0.15, 0.2) is 5.38 Å². The largest absolute Gasteiger partial charge is 0.306 e. The maximum Gasteiger partial charge on any atom is 0.107 e. The van der Waals surface area contributed by atoms with Gasteiger partial charge in [0.25, 0.3) is 0 Å². The highest BCUT2D eigenvalue weighted by molar-refractivity contribution is 7.09. The van der Waals surface area contributed by atoms with Crippen molar-refractivity contribution in [3.05, 3.63) is 16.1 Å². The van der Waals surface area contributed by atoms with E-state index in [0.717, 1.165) is 19.0 Å². The molecule has 0 aromatic carbocycles. The predicted molar refractivity (Wildman–Crippen MR) is 82.4 cm³/mol. The zero-order valence-electron chi connectivity index (χ0n) is 12.9. The van der Waals surface area contributed by atoms with Crippen LogP contribution in [-0.2, 0) is 13.1 Å². The van der Waals surface area contributed by atoms with Crippen LogP contribution in [0, 0.1) is 5.92 Å². The molecule has 4 heteroatoms. The van der Waals surface area contributed by atoms with E-state index in [-0.39, 0.29) is 5.54 Å². The molecule has 0 aliphatic carbocycles. The van der Waals surface area contributed by atoms with Crippen LogP contribution in [0.3, 0.4) is 0 Å². The van der Waals surface area contributed by atoms with E-state index in [1.807, 2.05) is 0 Å². The molecule has 1 aliphatic heterocycles. The number of hydrogen-bond donors (Lipinski definition) is 1. The number of likely N-dealkylation sites (tertiary alicyclic amines) is 1. The average molecular weight is 281 g/mol. The summed E-state index contributed by atoms with van der Waals surface area (Å²) in [5, 5.41) is 6.91. The van der Waals surface area contributed by atoms with E-state index < -0.39 is 0 Å². The molecule has 3 nitrogen and oxygen atoms in total. The van der Waals surface area contributed by atoms with Gasteiger partial charge in [-0.1, -0.05) is 6.92 Å². The Morgan fingerprint density at radius 1 is 1.42 bits per heavy atom. The number of thiazole rings is 1. The van der Waals surface area contributed by atoms with E-state index in [4.69, 9.17) is 4.98 Å². The van der Waals surface area contributed by atoms with Crippen molar-refractivity contribution in [3.63, 3.8) is 0 Å². The Bertz CT molecular complexity index is 408. The van der Waals surface area contributed by atoms with Gasteiger partial charge in [0, 0.05) is 36.6 Å². The van der Waals surface area contributed by atoms with Crippen LogP contribution in [0.2, 0.25) is 0 Å². The normalized spacial score (nSPS) is 25.1. The highest BCUT2D eigenvalue weighted by atomic mass is 32.1. The fourth-order valence-electron chi connectivity index (χ4n) is 2.66. The third-order valence-electron chi connectivity index (χ3n) is 3.65. The minimum Gasteiger partial charge on any atom is -0.306 e. The first kappa shape index (κ1) is 14.9. The summed E-state index contributed by atoms with van der Waals surface area (Å²) < 4.78 is 0. The molecule has 0 spiro atoms. The maximum absolute atomic E-state index is 4.75. The molecule has 0 bridgehead atoms. The highest BCUT2D eigenvalue weighted by Gasteiger charge is 2.26. The summed E-state index contributed by atoms with van der Waals surface area (Å²) in [5.41, 5.74) is 1.39. The first-order chi connectivity index (χ1) is 8.83. The summed E-state index contributed by atoms with van der Waals surface area (Å²) in [7, 11) is 0. The molecule has 108 valence electrons. The Hall–Kier alpha value is -0.450. The molecule has 0 radical (unpaired) electrons. The monoisotopic (exact) mass is 281 g/mol. The fourth-order valence-corrected chi connectivity index (χ4v) is 3.38. The molecule has 1 aromatic heterocycles. The first-order valence-electron chi connectivity index (χ1n) is 7.26. The summed E-state index contributed by atoms with van der Waals surface area (Å²) >= 11 is 1.78. The average Bonchev–Trinajstić information content (AvgIpc) is 2.83. The van der Waals surface area contributed by atoms with E-state index in [9.17, 15) is 0 Å². The minimum atomic E-state index is 0.157. The van der Waals surface area contributed by atoms with Crippen LogP contribution in [0.4, 0.5) is 0 Å². The molecule has 1 saturated heterocycles. The molecular formula is C15H27N3S. The van der Waals surface area contributed by atoms with E-state index >= 15 is 0 Å². The quantitative estimate of drug-likeness (QED) is 0.918. The summed E-state index contributed by atoms with van der Waals surface area (Å²) in [6.07, 6.45) is 1.32. The molecule has 2 atom stereocenters. The van der Waals surface area contributed by atoms with Crippen LogP contribution in [0.25, 0.3) is 0 Å². The molecule has 2 rings (SSSR count). The number of hydrogen-bond acceptors (Lipinski definition) is 4. The second-order valence-corrected chi connectivity index (χ2v) is 7.90. The van der Waals surface area contributed by atoms with Crippen LogP contribution < -0.4 is 5.32 Å². The molecule has 0 saturated carbocycles. The SMILES string of the molecule is CC1CC(C)N(Cc2csc(CNC(C)(C)C)n2)C1. The van der Waals surface area contributed by atoms with Crippen molar-refractivity contribution in [1.82, 2.24) is 15.2 Å². The predicted octanol–water partition coefficient (Wildman–Crippen LogP) is 3.26. The molecule has 1 aliphatic rings.